The van der Waals surface area contributed by atoms with Crippen molar-refractivity contribution in [2.75, 3.05) is 18.0 Å². The zero-order valence-electron chi connectivity index (χ0n) is 20.2. The van der Waals surface area contributed by atoms with E-state index in [2.05, 4.69) is 23.5 Å². The van der Waals surface area contributed by atoms with Crippen LogP contribution in [-0.2, 0) is 27.7 Å². The molecule has 3 aromatic carbocycles. The summed E-state index contributed by atoms with van der Waals surface area (Å²) in [6.07, 6.45) is 5.26. The van der Waals surface area contributed by atoms with Crippen molar-refractivity contribution in [1.29, 1.82) is 0 Å². The Labute approximate surface area is 208 Å². The van der Waals surface area contributed by atoms with E-state index in [0.29, 0.717) is 17.9 Å². The smallest absolute Gasteiger partial charge is 0.264 e. The third-order valence-corrected chi connectivity index (χ3v) is 8.26. The lowest BCUT2D eigenvalue weighted by Crippen LogP contribution is -2.42. The molecule has 7 heteroatoms. The molecule has 4 rings (SSSR count). The maximum atomic E-state index is 13.6. The van der Waals surface area contributed by atoms with Gasteiger partial charge >= 0.3 is 0 Å². The van der Waals surface area contributed by atoms with Gasteiger partial charge in [0.05, 0.1) is 23.7 Å². The molecule has 35 heavy (non-hydrogen) atoms. The minimum absolute atomic E-state index is 0.112. The number of benzene rings is 3. The van der Waals surface area contributed by atoms with E-state index in [-0.39, 0.29) is 23.4 Å². The number of hydrogen-bond acceptors (Lipinski definition) is 4. The molecule has 1 amide bonds. The first kappa shape index (κ1) is 24.8. The second-order valence-electron chi connectivity index (χ2n) is 8.76. The topological polar surface area (TPSA) is 75.7 Å². The number of ether oxygens (including phenoxy) is 1. The van der Waals surface area contributed by atoms with Crippen LogP contribution in [0, 0.1) is 0 Å². The quantitative estimate of drug-likeness (QED) is 0.454. The Morgan fingerprint density at radius 3 is 2.37 bits per heavy atom. The number of anilines is 1. The van der Waals surface area contributed by atoms with Crippen LogP contribution < -0.4 is 14.4 Å². The number of amides is 1. The Morgan fingerprint density at radius 1 is 0.971 bits per heavy atom. The van der Waals surface area contributed by atoms with E-state index < -0.39 is 10.0 Å². The van der Waals surface area contributed by atoms with Gasteiger partial charge in [0.2, 0.25) is 5.91 Å². The van der Waals surface area contributed by atoms with Crippen LogP contribution in [0.15, 0.2) is 77.7 Å². The van der Waals surface area contributed by atoms with Gasteiger partial charge in [-0.2, -0.15) is 0 Å². The number of hydrogen-bond donors (Lipinski definition) is 1. The highest BCUT2D eigenvalue weighted by Gasteiger charge is 2.30. The standard InChI is InChI=1S/C28H32N2O4S/c1-3-25(23-18-17-21-11-7-8-12-22(21)19-23)29-28(31)20-30(26-15-9-10-16-27(26)34-2)35(32,33)24-13-5-4-6-14-24/h4-6,9-10,13-19,25H,3,7-8,11-12,20H2,1-2H3,(H,29,31)/t25-/m0/s1. The van der Waals surface area contributed by atoms with E-state index in [0.717, 1.165) is 22.7 Å². The highest BCUT2D eigenvalue weighted by Crippen LogP contribution is 2.32. The molecule has 184 valence electrons. The minimum atomic E-state index is -4.01. The fourth-order valence-electron chi connectivity index (χ4n) is 4.62. The molecule has 0 aromatic heterocycles. The van der Waals surface area contributed by atoms with Crippen molar-refractivity contribution in [3.63, 3.8) is 0 Å². The number of aryl methyl sites for hydroxylation is 2. The number of para-hydroxylation sites is 2. The maximum Gasteiger partial charge on any atom is 0.264 e. The van der Waals surface area contributed by atoms with Crippen molar-refractivity contribution < 1.29 is 17.9 Å². The number of methoxy groups -OCH3 is 1. The summed E-state index contributed by atoms with van der Waals surface area (Å²) < 4.78 is 33.8. The lowest BCUT2D eigenvalue weighted by molar-refractivity contribution is -0.120. The number of fused-ring (bicyclic) bond motifs is 1. The first-order valence-electron chi connectivity index (χ1n) is 12.1. The molecule has 0 spiro atoms. The van der Waals surface area contributed by atoms with Gasteiger partial charge in [0.25, 0.3) is 10.0 Å². The van der Waals surface area contributed by atoms with E-state index in [4.69, 9.17) is 4.74 Å². The molecule has 0 saturated heterocycles. The molecule has 1 N–H and O–H groups in total. The van der Waals surface area contributed by atoms with Crippen LogP contribution in [0.4, 0.5) is 5.69 Å². The first-order valence-corrected chi connectivity index (χ1v) is 13.5. The molecular formula is C28H32N2O4S. The lowest BCUT2D eigenvalue weighted by atomic mass is 9.89. The molecular weight excluding hydrogens is 460 g/mol. The van der Waals surface area contributed by atoms with Gasteiger partial charge < -0.3 is 10.1 Å². The molecule has 0 fully saturated rings. The molecule has 0 aliphatic heterocycles. The number of carbonyl (C=O) groups is 1. The molecule has 0 bridgehead atoms. The molecule has 0 saturated carbocycles. The van der Waals surface area contributed by atoms with E-state index in [9.17, 15) is 13.2 Å². The Morgan fingerprint density at radius 2 is 1.66 bits per heavy atom. The van der Waals surface area contributed by atoms with Crippen LogP contribution in [0.1, 0.15) is 48.9 Å². The fraction of sp³-hybridized carbons (Fsp3) is 0.321. The SMILES string of the molecule is CC[C@H](NC(=O)CN(c1ccccc1OC)S(=O)(=O)c1ccccc1)c1ccc2c(c1)CCCC2. The Bertz CT molecular complexity index is 1280. The van der Waals surface area contributed by atoms with Gasteiger partial charge in [0.1, 0.15) is 12.3 Å². The molecule has 1 atom stereocenters. The number of nitrogens with zero attached hydrogens (tertiary/aromatic N) is 1. The molecule has 0 unspecified atom stereocenters. The van der Waals surface area contributed by atoms with Gasteiger partial charge in [-0.1, -0.05) is 55.5 Å². The van der Waals surface area contributed by atoms with Gasteiger partial charge in [-0.15, -0.1) is 0 Å². The minimum Gasteiger partial charge on any atom is -0.495 e. The second-order valence-corrected chi connectivity index (χ2v) is 10.6. The number of carbonyl (C=O) groups excluding carboxylic acids is 1. The van der Waals surface area contributed by atoms with E-state index in [1.54, 1.807) is 42.5 Å². The van der Waals surface area contributed by atoms with Gasteiger partial charge in [-0.3, -0.25) is 9.10 Å². The summed E-state index contributed by atoms with van der Waals surface area (Å²) in [5.74, 6) is 0.00141. The van der Waals surface area contributed by atoms with E-state index in [1.165, 1.54) is 43.2 Å². The monoisotopic (exact) mass is 492 g/mol. The zero-order valence-corrected chi connectivity index (χ0v) is 21.1. The van der Waals surface area contributed by atoms with Gasteiger partial charge in [-0.05, 0) is 73.1 Å². The molecule has 1 aliphatic rings. The van der Waals surface area contributed by atoms with Crippen LogP contribution in [0.3, 0.4) is 0 Å². The van der Waals surface area contributed by atoms with Crippen LogP contribution in [0.2, 0.25) is 0 Å². The third kappa shape index (κ3) is 5.51. The summed E-state index contributed by atoms with van der Waals surface area (Å²) in [6.45, 7) is 1.65. The van der Waals surface area contributed by atoms with Crippen molar-refractivity contribution in [2.24, 2.45) is 0 Å². The summed E-state index contributed by atoms with van der Waals surface area (Å²) in [7, 11) is -2.53. The normalized spacial score (nSPS) is 14.0. The van der Waals surface area contributed by atoms with E-state index in [1.807, 2.05) is 6.92 Å². The van der Waals surface area contributed by atoms with Gasteiger partial charge in [0, 0.05) is 0 Å². The number of sulfonamides is 1. The van der Waals surface area contributed by atoms with Crippen LogP contribution in [0.25, 0.3) is 0 Å². The number of nitrogens with one attached hydrogen (secondary N) is 1. The highest BCUT2D eigenvalue weighted by atomic mass is 32.2. The van der Waals surface area contributed by atoms with Crippen molar-refractivity contribution in [1.82, 2.24) is 5.32 Å². The molecule has 0 radical (unpaired) electrons. The summed E-state index contributed by atoms with van der Waals surface area (Å²) in [6, 6.07) is 21.2. The molecule has 6 nitrogen and oxygen atoms in total. The van der Waals surface area contributed by atoms with E-state index >= 15 is 0 Å². The lowest BCUT2D eigenvalue weighted by Gasteiger charge is -2.27. The average molecular weight is 493 g/mol. The summed E-state index contributed by atoms with van der Waals surface area (Å²) in [5.41, 5.74) is 4.10. The molecule has 3 aromatic rings. The van der Waals surface area contributed by atoms with Crippen LogP contribution >= 0.6 is 0 Å². The van der Waals surface area contributed by atoms with Crippen LogP contribution in [0.5, 0.6) is 5.75 Å². The Kier molecular flexibility index (Phi) is 7.76. The first-order chi connectivity index (χ1) is 16.9. The van der Waals surface area contributed by atoms with Crippen molar-refractivity contribution >= 4 is 21.6 Å². The van der Waals surface area contributed by atoms with Crippen LogP contribution in [-0.4, -0.2) is 28.0 Å². The third-order valence-electron chi connectivity index (χ3n) is 6.49. The van der Waals surface area contributed by atoms with Crippen molar-refractivity contribution in [3.05, 3.63) is 89.5 Å². The molecule has 0 heterocycles. The van der Waals surface area contributed by atoms with Gasteiger partial charge in [0.15, 0.2) is 0 Å². The number of rotatable bonds is 9. The van der Waals surface area contributed by atoms with Crippen molar-refractivity contribution in [3.8, 4) is 5.75 Å². The summed E-state index contributed by atoms with van der Waals surface area (Å²) in [4.78, 5) is 13.4. The Hall–Kier alpha value is -3.32. The largest absolute Gasteiger partial charge is 0.495 e. The van der Waals surface area contributed by atoms with Crippen molar-refractivity contribution in [2.45, 2.75) is 50.0 Å². The Balaban J connectivity index is 1.62. The predicted octanol–water partition coefficient (Wildman–Crippen LogP) is 5.04. The van der Waals surface area contributed by atoms with Gasteiger partial charge in [-0.25, -0.2) is 8.42 Å². The fourth-order valence-corrected chi connectivity index (χ4v) is 6.07. The maximum absolute atomic E-state index is 13.6. The summed E-state index contributed by atoms with van der Waals surface area (Å²) >= 11 is 0. The summed E-state index contributed by atoms with van der Waals surface area (Å²) in [5, 5.41) is 3.07. The predicted molar refractivity (Wildman–Crippen MR) is 138 cm³/mol. The average Bonchev–Trinajstić information content (AvgIpc) is 2.90. The zero-order chi connectivity index (χ0) is 24.8. The second kappa shape index (κ2) is 11.0. The highest BCUT2D eigenvalue weighted by molar-refractivity contribution is 7.92. The molecule has 1 aliphatic carbocycles.